The number of aromatic nitrogens is 7. The summed E-state index contributed by atoms with van der Waals surface area (Å²) in [6.45, 7) is 5.16. The maximum atomic E-state index is 12.2. The minimum absolute atomic E-state index is 0.282. The summed E-state index contributed by atoms with van der Waals surface area (Å²) >= 11 is 0. The lowest BCUT2D eigenvalue weighted by atomic mass is 9.78. The van der Waals surface area contributed by atoms with E-state index in [0.29, 0.717) is 24.6 Å². The third kappa shape index (κ3) is 4.01. The van der Waals surface area contributed by atoms with E-state index in [1.54, 1.807) is 12.3 Å². The molecule has 0 radical (unpaired) electrons. The average Bonchev–Trinajstić information content (AvgIpc) is 3.55. The van der Waals surface area contributed by atoms with Crippen molar-refractivity contribution in [3.05, 3.63) is 76.5 Å². The normalized spacial score (nSPS) is 17.2. The molecule has 1 aromatic carbocycles. The van der Waals surface area contributed by atoms with Crippen molar-refractivity contribution in [1.82, 2.24) is 35.2 Å². The van der Waals surface area contributed by atoms with E-state index < -0.39 is 11.4 Å². The van der Waals surface area contributed by atoms with Gasteiger partial charge in [-0.3, -0.25) is 4.99 Å². The van der Waals surface area contributed by atoms with Gasteiger partial charge in [-0.25, -0.2) is 19.9 Å². The van der Waals surface area contributed by atoms with Crippen LogP contribution in [0.2, 0.25) is 0 Å². The molecule has 178 valence electrons. The number of fused-ring (bicyclic) bond motifs is 1. The number of aromatic amines is 1. The predicted molar refractivity (Wildman–Crippen MR) is 131 cm³/mol. The molecule has 1 N–H and O–H groups in total. The van der Waals surface area contributed by atoms with Gasteiger partial charge in [0.05, 0.1) is 25.6 Å². The van der Waals surface area contributed by atoms with Crippen LogP contribution in [-0.2, 0) is 23.1 Å². The Morgan fingerprint density at radius 1 is 1.23 bits per heavy atom. The molecule has 1 aliphatic rings. The first kappa shape index (κ1) is 22.6. The monoisotopic (exact) mass is 470 g/mol. The minimum Gasteiger partial charge on any atom is -0.464 e. The number of hydrogen-bond acceptors (Lipinski definition) is 8. The second kappa shape index (κ2) is 9.21. The second-order valence-electron chi connectivity index (χ2n) is 8.62. The summed E-state index contributed by atoms with van der Waals surface area (Å²) in [6, 6.07) is 10.1. The molecule has 0 spiro atoms. The number of methoxy groups -OCH3 is 1. The van der Waals surface area contributed by atoms with Crippen molar-refractivity contribution in [1.29, 1.82) is 0 Å². The number of nitrogens with zero attached hydrogens (tertiary/aromatic N) is 7. The van der Waals surface area contributed by atoms with E-state index in [9.17, 15) is 4.79 Å². The quantitative estimate of drug-likeness (QED) is 0.412. The maximum Gasteiger partial charge on any atom is 0.356 e. The highest BCUT2D eigenvalue weighted by molar-refractivity contribution is 5.90. The molecular weight excluding hydrogens is 444 g/mol. The highest BCUT2D eigenvalue weighted by Gasteiger charge is 2.36. The Morgan fingerprint density at radius 3 is 2.71 bits per heavy atom. The molecule has 0 amide bonds. The zero-order valence-corrected chi connectivity index (χ0v) is 19.9. The van der Waals surface area contributed by atoms with E-state index in [1.807, 2.05) is 13.0 Å². The molecule has 5 rings (SSSR count). The third-order valence-corrected chi connectivity index (χ3v) is 6.33. The van der Waals surface area contributed by atoms with Gasteiger partial charge in [-0.05, 0) is 52.6 Å². The number of carbonyl (C=O) groups is 1. The van der Waals surface area contributed by atoms with Crippen LogP contribution in [0.4, 0.5) is 0 Å². The fourth-order valence-corrected chi connectivity index (χ4v) is 4.51. The number of H-pyrrole nitrogens is 1. The first-order chi connectivity index (χ1) is 17.1. The van der Waals surface area contributed by atoms with Gasteiger partial charge >= 0.3 is 5.97 Å². The van der Waals surface area contributed by atoms with E-state index in [2.05, 4.69) is 72.4 Å². The molecular formula is C25H26N8O2. The van der Waals surface area contributed by atoms with Crippen molar-refractivity contribution < 1.29 is 9.53 Å². The van der Waals surface area contributed by atoms with E-state index in [4.69, 9.17) is 9.72 Å². The van der Waals surface area contributed by atoms with Crippen LogP contribution in [0.5, 0.6) is 0 Å². The molecule has 35 heavy (non-hydrogen) atoms. The highest BCUT2D eigenvalue weighted by Crippen LogP contribution is 2.33. The minimum atomic E-state index is -0.542. The number of benzene rings is 1. The SMILES string of the molecule is CCCc1nc2c(C)cc(C(=O)OC)nc2n1Cc1ccc(C2(c3nnn[nH]3)C=CC=NC2)cc1. The average molecular weight is 471 g/mol. The summed E-state index contributed by atoms with van der Waals surface area (Å²) in [7, 11) is 1.36. The Hall–Kier alpha value is -4.21. The van der Waals surface area contributed by atoms with Crippen LogP contribution in [0, 0.1) is 6.92 Å². The lowest BCUT2D eigenvalue weighted by Crippen LogP contribution is -2.32. The van der Waals surface area contributed by atoms with Crippen LogP contribution in [0.25, 0.3) is 11.2 Å². The Balaban J connectivity index is 1.53. The standard InChI is InChI=1S/C25H26N8O2/c1-4-6-20-28-21-16(2)13-19(23(34)35-3)27-22(21)33(20)14-17-7-9-18(10-8-17)25(11-5-12-26-15-25)24-29-31-32-30-24/h5,7-13H,4,6,14-15H2,1-3H3,(H,29,30,31,32). The number of dihydropyridines is 1. The summed E-state index contributed by atoms with van der Waals surface area (Å²) in [5, 5.41) is 14.6. The van der Waals surface area contributed by atoms with Gasteiger partial charge in [0.15, 0.2) is 17.2 Å². The van der Waals surface area contributed by atoms with E-state index in [0.717, 1.165) is 40.9 Å². The number of allylic oxidation sites excluding steroid dienone is 1. The number of hydrogen-bond donors (Lipinski definition) is 1. The summed E-state index contributed by atoms with van der Waals surface area (Å²) in [4.78, 5) is 26.1. The summed E-state index contributed by atoms with van der Waals surface area (Å²) in [5.41, 5.74) is 4.26. The molecule has 1 atom stereocenters. The number of esters is 1. The number of aliphatic imine (C=N–C) groups is 1. The number of ether oxygens (including phenoxy) is 1. The lowest BCUT2D eigenvalue weighted by molar-refractivity contribution is 0.0594. The van der Waals surface area contributed by atoms with Crippen molar-refractivity contribution in [3.63, 3.8) is 0 Å². The molecule has 3 aromatic heterocycles. The Kier molecular flexibility index (Phi) is 5.94. The molecule has 0 saturated heterocycles. The molecule has 1 aliphatic heterocycles. The Morgan fingerprint density at radius 2 is 2.06 bits per heavy atom. The molecule has 4 heterocycles. The van der Waals surface area contributed by atoms with Gasteiger partial charge in [0.2, 0.25) is 0 Å². The Bertz CT molecular complexity index is 1420. The van der Waals surface area contributed by atoms with Gasteiger partial charge in [-0.1, -0.05) is 37.3 Å². The van der Waals surface area contributed by atoms with Gasteiger partial charge in [-0.2, -0.15) is 0 Å². The molecule has 0 saturated carbocycles. The number of aryl methyl sites for hydroxylation is 2. The van der Waals surface area contributed by atoms with Gasteiger partial charge < -0.3 is 9.30 Å². The van der Waals surface area contributed by atoms with Crippen molar-refractivity contribution in [2.75, 3.05) is 13.7 Å². The number of nitrogens with one attached hydrogen (secondary N) is 1. The van der Waals surface area contributed by atoms with E-state index in [1.165, 1.54) is 7.11 Å². The first-order valence-electron chi connectivity index (χ1n) is 11.5. The number of rotatable bonds is 7. The van der Waals surface area contributed by atoms with Gasteiger partial charge in [0, 0.05) is 12.6 Å². The molecule has 10 nitrogen and oxygen atoms in total. The summed E-state index contributed by atoms with van der Waals surface area (Å²) < 4.78 is 6.99. The maximum absolute atomic E-state index is 12.2. The zero-order chi connectivity index (χ0) is 24.4. The van der Waals surface area contributed by atoms with Crippen molar-refractivity contribution in [2.24, 2.45) is 4.99 Å². The van der Waals surface area contributed by atoms with Crippen LogP contribution in [0.1, 0.15) is 52.2 Å². The van der Waals surface area contributed by atoms with E-state index >= 15 is 0 Å². The number of carbonyl (C=O) groups excluding carboxylic acids is 1. The summed E-state index contributed by atoms with van der Waals surface area (Å²) in [5.74, 6) is 1.14. The number of pyridine rings is 1. The number of imidazole rings is 1. The van der Waals surface area contributed by atoms with Crippen molar-refractivity contribution in [2.45, 2.75) is 38.6 Å². The van der Waals surface area contributed by atoms with Crippen LogP contribution >= 0.6 is 0 Å². The fourth-order valence-electron chi connectivity index (χ4n) is 4.51. The van der Waals surface area contributed by atoms with Crippen LogP contribution in [0.3, 0.4) is 0 Å². The molecule has 10 heteroatoms. The van der Waals surface area contributed by atoms with Gasteiger partial charge in [0.25, 0.3) is 0 Å². The van der Waals surface area contributed by atoms with E-state index in [-0.39, 0.29) is 5.69 Å². The van der Waals surface area contributed by atoms with Crippen LogP contribution in [-0.4, -0.2) is 61.0 Å². The van der Waals surface area contributed by atoms with Crippen LogP contribution in [0.15, 0.2) is 47.5 Å². The first-order valence-corrected chi connectivity index (χ1v) is 11.5. The molecule has 0 bridgehead atoms. The zero-order valence-electron chi connectivity index (χ0n) is 19.9. The van der Waals surface area contributed by atoms with Crippen molar-refractivity contribution in [3.8, 4) is 0 Å². The van der Waals surface area contributed by atoms with Gasteiger partial charge in [0.1, 0.15) is 11.3 Å². The number of tetrazole rings is 1. The summed E-state index contributed by atoms with van der Waals surface area (Å²) in [6.07, 6.45) is 7.54. The topological polar surface area (TPSA) is 124 Å². The largest absolute Gasteiger partial charge is 0.464 e. The predicted octanol–water partition coefficient (Wildman–Crippen LogP) is 2.97. The molecule has 0 fully saturated rings. The van der Waals surface area contributed by atoms with Gasteiger partial charge in [-0.15, -0.1) is 5.10 Å². The van der Waals surface area contributed by atoms with Crippen molar-refractivity contribution >= 4 is 23.3 Å². The fraction of sp³-hybridized carbons (Fsp3) is 0.320. The lowest BCUT2D eigenvalue weighted by Gasteiger charge is -2.28. The molecule has 1 unspecified atom stereocenters. The third-order valence-electron chi connectivity index (χ3n) is 6.33. The Labute approximate surface area is 202 Å². The van der Waals surface area contributed by atoms with Crippen LogP contribution < -0.4 is 0 Å². The second-order valence-corrected chi connectivity index (χ2v) is 8.62. The highest BCUT2D eigenvalue weighted by atomic mass is 16.5. The molecule has 0 aliphatic carbocycles. The smallest absolute Gasteiger partial charge is 0.356 e. The molecule has 4 aromatic rings.